The molecule has 1 aromatic heterocycles. The van der Waals surface area contributed by atoms with E-state index in [2.05, 4.69) is 26.2 Å². The van der Waals surface area contributed by atoms with E-state index in [1.807, 2.05) is 91.9 Å². The number of hydrogen-bond donors (Lipinski definition) is 2. The van der Waals surface area contributed by atoms with Gasteiger partial charge in [0.1, 0.15) is 5.70 Å². The third-order valence-electron chi connectivity index (χ3n) is 5.93. The number of nitrogens with one attached hydrogen (secondary N) is 2. The lowest BCUT2D eigenvalue weighted by atomic mass is 10.1. The molecule has 0 aliphatic carbocycles. The van der Waals surface area contributed by atoms with Gasteiger partial charge in [-0.3, -0.25) is 9.59 Å². The number of amides is 2. The third kappa shape index (κ3) is 6.89. The number of carbonyl (C=O) groups is 2. The Kier molecular flexibility index (Phi) is 8.43. The maximum absolute atomic E-state index is 13.3. The van der Waals surface area contributed by atoms with Crippen LogP contribution in [0.3, 0.4) is 0 Å². The molecule has 0 atom stereocenters. The zero-order valence-electron chi connectivity index (χ0n) is 21.7. The summed E-state index contributed by atoms with van der Waals surface area (Å²) in [5.41, 5.74) is 4.01. The highest BCUT2D eigenvalue weighted by atomic mass is 32.2. The zero-order chi connectivity index (χ0) is 27.7. The Bertz CT molecular complexity index is 1620. The number of rotatable bonds is 9. The zero-order valence-corrected chi connectivity index (χ0v) is 22.5. The average molecular weight is 547 g/mol. The summed E-state index contributed by atoms with van der Waals surface area (Å²) >= 11 is 1.59. The number of benzene rings is 4. The summed E-state index contributed by atoms with van der Waals surface area (Å²) in [7, 11) is 0. The summed E-state index contributed by atoms with van der Waals surface area (Å²) in [6.07, 6.45) is 1.66. The van der Waals surface area contributed by atoms with Gasteiger partial charge in [-0.05, 0) is 77.5 Å². The molecule has 0 radical (unpaired) electrons. The van der Waals surface area contributed by atoms with E-state index in [4.69, 9.17) is 0 Å². The van der Waals surface area contributed by atoms with Crippen LogP contribution in [-0.4, -0.2) is 32.0 Å². The van der Waals surface area contributed by atoms with Gasteiger partial charge in [-0.2, -0.15) is 4.68 Å². The summed E-state index contributed by atoms with van der Waals surface area (Å²) in [6, 6.07) is 33.7. The summed E-state index contributed by atoms with van der Waals surface area (Å²) in [6.45, 7) is 1.99. The van der Waals surface area contributed by atoms with E-state index in [-0.39, 0.29) is 11.6 Å². The van der Waals surface area contributed by atoms with E-state index in [9.17, 15) is 9.59 Å². The van der Waals surface area contributed by atoms with Crippen LogP contribution >= 0.6 is 11.8 Å². The molecule has 0 saturated carbocycles. The fraction of sp³-hybridized carbons (Fsp3) is 0.0645. The van der Waals surface area contributed by atoms with Gasteiger partial charge in [0.25, 0.3) is 11.8 Å². The normalized spacial score (nSPS) is 11.2. The molecule has 0 aliphatic rings. The molecule has 40 heavy (non-hydrogen) atoms. The Labute approximate surface area is 236 Å². The minimum absolute atomic E-state index is 0.143. The lowest BCUT2D eigenvalue weighted by Gasteiger charge is -2.12. The Morgan fingerprint density at radius 3 is 2.23 bits per heavy atom. The molecule has 0 spiro atoms. The molecule has 198 valence electrons. The van der Waals surface area contributed by atoms with Crippen LogP contribution in [0, 0.1) is 6.92 Å². The molecule has 9 heteroatoms. The second-order valence-corrected chi connectivity index (χ2v) is 9.95. The largest absolute Gasteiger partial charge is 0.321 e. The monoisotopic (exact) mass is 546 g/mol. The van der Waals surface area contributed by atoms with E-state index in [0.29, 0.717) is 17.0 Å². The molecule has 4 aromatic carbocycles. The van der Waals surface area contributed by atoms with Crippen molar-refractivity contribution in [3.05, 3.63) is 137 Å². The number of nitrogens with zero attached hydrogens (tertiary/aromatic N) is 4. The van der Waals surface area contributed by atoms with Crippen LogP contribution in [0.4, 0.5) is 5.69 Å². The summed E-state index contributed by atoms with van der Waals surface area (Å²) in [5, 5.41) is 17.7. The van der Waals surface area contributed by atoms with Gasteiger partial charge in [0.05, 0.1) is 11.4 Å². The van der Waals surface area contributed by atoms with E-state index in [1.54, 1.807) is 46.8 Å². The average Bonchev–Trinajstić information content (AvgIpc) is 3.47. The van der Waals surface area contributed by atoms with Crippen molar-refractivity contribution in [3.8, 4) is 5.69 Å². The van der Waals surface area contributed by atoms with E-state index < -0.39 is 5.91 Å². The highest BCUT2D eigenvalue weighted by molar-refractivity contribution is 7.98. The van der Waals surface area contributed by atoms with Crippen molar-refractivity contribution in [3.63, 3.8) is 0 Å². The minimum atomic E-state index is -0.424. The quantitative estimate of drug-likeness (QED) is 0.182. The van der Waals surface area contributed by atoms with Crippen molar-refractivity contribution in [1.29, 1.82) is 0 Å². The molecule has 5 aromatic rings. The van der Waals surface area contributed by atoms with Crippen molar-refractivity contribution in [2.45, 2.75) is 17.6 Å². The maximum Gasteiger partial charge on any atom is 0.272 e. The van der Waals surface area contributed by atoms with Gasteiger partial charge in [-0.1, -0.05) is 66.2 Å². The number of aryl methyl sites for hydroxylation is 1. The summed E-state index contributed by atoms with van der Waals surface area (Å²) < 4.78 is 1.72. The van der Waals surface area contributed by atoms with Crippen molar-refractivity contribution in [2.24, 2.45) is 0 Å². The molecule has 0 bridgehead atoms. The first-order valence-electron chi connectivity index (χ1n) is 12.6. The van der Waals surface area contributed by atoms with Gasteiger partial charge in [0.15, 0.2) is 5.82 Å². The molecule has 0 fully saturated rings. The molecule has 1 heterocycles. The Hall–Kier alpha value is -5.02. The van der Waals surface area contributed by atoms with E-state index in [0.717, 1.165) is 27.5 Å². The number of tetrazole rings is 1. The van der Waals surface area contributed by atoms with Gasteiger partial charge in [0, 0.05) is 16.1 Å². The van der Waals surface area contributed by atoms with Crippen molar-refractivity contribution in [2.75, 3.05) is 5.32 Å². The minimum Gasteiger partial charge on any atom is -0.321 e. The van der Waals surface area contributed by atoms with Crippen molar-refractivity contribution in [1.82, 2.24) is 25.5 Å². The smallest absolute Gasteiger partial charge is 0.272 e. The second kappa shape index (κ2) is 12.7. The van der Waals surface area contributed by atoms with Gasteiger partial charge in [-0.15, -0.1) is 16.9 Å². The number of para-hydroxylation sites is 1. The first-order chi connectivity index (χ1) is 19.5. The lowest BCUT2D eigenvalue weighted by molar-refractivity contribution is -0.113. The Balaban J connectivity index is 1.26. The molecule has 2 N–H and O–H groups in total. The number of hydrogen-bond acceptors (Lipinski definition) is 6. The number of aromatic nitrogens is 4. The Morgan fingerprint density at radius 1 is 0.850 bits per heavy atom. The lowest BCUT2D eigenvalue weighted by Crippen LogP contribution is -2.30. The van der Waals surface area contributed by atoms with Crippen LogP contribution in [0.2, 0.25) is 0 Å². The van der Waals surface area contributed by atoms with Gasteiger partial charge in [-0.25, -0.2) is 0 Å². The number of anilines is 1. The van der Waals surface area contributed by atoms with Crippen molar-refractivity contribution >= 4 is 35.3 Å². The number of carbonyl (C=O) groups excluding carboxylic acids is 2. The maximum atomic E-state index is 13.3. The molecular formula is C31H26N6O2S. The van der Waals surface area contributed by atoms with Crippen LogP contribution in [0.15, 0.2) is 120 Å². The van der Waals surface area contributed by atoms with Crippen LogP contribution in [0.1, 0.15) is 27.3 Å². The van der Waals surface area contributed by atoms with E-state index in [1.165, 1.54) is 0 Å². The SMILES string of the molecule is Cc1ccc(/C=C(\NC(=O)c2ccccc2)C(=O)Nc2ccc(SCc3nnnn3-c3ccccc3)cc2)cc1. The first-order valence-corrected chi connectivity index (χ1v) is 13.6. The van der Waals surface area contributed by atoms with Crippen LogP contribution in [0.25, 0.3) is 11.8 Å². The highest BCUT2D eigenvalue weighted by Crippen LogP contribution is 2.24. The second-order valence-electron chi connectivity index (χ2n) is 8.90. The van der Waals surface area contributed by atoms with Crippen LogP contribution < -0.4 is 10.6 Å². The topological polar surface area (TPSA) is 102 Å². The highest BCUT2D eigenvalue weighted by Gasteiger charge is 2.15. The molecule has 2 amide bonds. The number of thioether (sulfide) groups is 1. The molecular weight excluding hydrogens is 520 g/mol. The predicted octanol–water partition coefficient (Wildman–Crippen LogP) is 5.67. The molecule has 0 saturated heterocycles. The Morgan fingerprint density at radius 2 is 1.52 bits per heavy atom. The first kappa shape index (κ1) is 26.6. The predicted molar refractivity (Wildman–Crippen MR) is 157 cm³/mol. The van der Waals surface area contributed by atoms with Crippen molar-refractivity contribution < 1.29 is 9.59 Å². The van der Waals surface area contributed by atoms with E-state index >= 15 is 0 Å². The van der Waals surface area contributed by atoms with Crippen LogP contribution in [-0.2, 0) is 10.5 Å². The third-order valence-corrected chi connectivity index (χ3v) is 6.94. The fourth-order valence-electron chi connectivity index (χ4n) is 3.82. The summed E-state index contributed by atoms with van der Waals surface area (Å²) in [4.78, 5) is 27.1. The molecule has 0 aliphatic heterocycles. The van der Waals surface area contributed by atoms with Gasteiger partial charge < -0.3 is 10.6 Å². The molecule has 5 rings (SSSR count). The van der Waals surface area contributed by atoms with Crippen LogP contribution in [0.5, 0.6) is 0 Å². The summed E-state index contributed by atoms with van der Waals surface area (Å²) in [5.74, 6) is 0.516. The molecule has 8 nitrogen and oxygen atoms in total. The molecule has 0 unspecified atom stereocenters. The van der Waals surface area contributed by atoms with Gasteiger partial charge in [0.2, 0.25) is 0 Å². The fourth-order valence-corrected chi connectivity index (χ4v) is 4.62. The van der Waals surface area contributed by atoms with Gasteiger partial charge >= 0.3 is 0 Å². The standard InChI is InChI=1S/C31H26N6O2S/c1-22-12-14-23(15-13-22)20-28(33-30(38)24-8-4-2-5-9-24)31(39)32-25-16-18-27(19-17-25)40-21-29-34-35-36-37(29)26-10-6-3-7-11-26/h2-20H,21H2,1H3,(H,32,39)(H,33,38)/b28-20-.